The molecule has 0 amide bonds. The monoisotopic (exact) mass is 300 g/mol. The van der Waals surface area contributed by atoms with E-state index in [0.29, 0.717) is 0 Å². The van der Waals surface area contributed by atoms with Crippen LogP contribution in [0.4, 0.5) is 10.1 Å². The van der Waals surface area contributed by atoms with Gasteiger partial charge in [-0.05, 0) is 56.2 Å². The summed E-state index contributed by atoms with van der Waals surface area (Å²) >= 11 is 1.70. The van der Waals surface area contributed by atoms with Gasteiger partial charge in [0.1, 0.15) is 5.82 Å². The second-order valence-corrected chi connectivity index (χ2v) is 6.53. The van der Waals surface area contributed by atoms with Crippen LogP contribution in [0.15, 0.2) is 42.5 Å². The number of hydrogen-bond acceptors (Lipinski definition) is 3. The first-order valence-corrected chi connectivity index (χ1v) is 7.80. The first-order valence-electron chi connectivity index (χ1n) is 6.98. The number of aryl methyl sites for hydroxylation is 1. The number of benzene rings is 2. The van der Waals surface area contributed by atoms with Crippen molar-refractivity contribution in [2.45, 2.75) is 26.3 Å². The summed E-state index contributed by atoms with van der Waals surface area (Å²) in [5, 5.41) is 4.55. The summed E-state index contributed by atoms with van der Waals surface area (Å²) in [6.07, 6.45) is 0.789. The predicted octanol–water partition coefficient (Wildman–Crippen LogP) is 4.79. The van der Waals surface area contributed by atoms with E-state index in [4.69, 9.17) is 0 Å². The summed E-state index contributed by atoms with van der Waals surface area (Å²) in [6, 6.07) is 13.2. The molecule has 1 N–H and O–H groups in total. The van der Waals surface area contributed by atoms with Crippen molar-refractivity contribution in [3.63, 3.8) is 0 Å². The van der Waals surface area contributed by atoms with Crippen molar-refractivity contribution in [3.05, 3.63) is 58.9 Å². The van der Waals surface area contributed by atoms with E-state index < -0.39 is 0 Å². The maximum Gasteiger partial charge on any atom is 0.123 e. The molecule has 108 valence electrons. The Bertz CT molecular complexity index is 766. The van der Waals surface area contributed by atoms with Gasteiger partial charge in [0.25, 0.3) is 0 Å². The van der Waals surface area contributed by atoms with Gasteiger partial charge in [0, 0.05) is 11.7 Å². The highest BCUT2D eigenvalue weighted by molar-refractivity contribution is 7.18. The number of rotatable bonds is 4. The van der Waals surface area contributed by atoms with Gasteiger partial charge in [-0.1, -0.05) is 12.1 Å². The lowest BCUT2D eigenvalue weighted by Gasteiger charge is -2.15. The zero-order valence-electron chi connectivity index (χ0n) is 12.1. The molecule has 0 spiro atoms. The molecule has 1 heterocycles. The standard InChI is InChI=1S/C17H17FN2S/c1-11(8-13-4-3-5-14(18)9-13)19-15-6-7-16-17(10-15)21-12(2)20-16/h3-7,9-11,19H,8H2,1-2H3. The molecule has 0 aliphatic heterocycles. The van der Waals surface area contributed by atoms with Crippen molar-refractivity contribution in [1.82, 2.24) is 4.98 Å². The number of aromatic nitrogens is 1. The lowest BCUT2D eigenvalue weighted by atomic mass is 10.1. The van der Waals surface area contributed by atoms with E-state index in [9.17, 15) is 4.39 Å². The van der Waals surface area contributed by atoms with Crippen LogP contribution in [0.5, 0.6) is 0 Å². The summed E-state index contributed by atoms with van der Waals surface area (Å²) in [4.78, 5) is 4.46. The minimum Gasteiger partial charge on any atom is -0.382 e. The Hall–Kier alpha value is -1.94. The average molecular weight is 300 g/mol. The van der Waals surface area contributed by atoms with E-state index in [-0.39, 0.29) is 11.9 Å². The number of nitrogens with zero attached hydrogens (tertiary/aromatic N) is 1. The summed E-state index contributed by atoms with van der Waals surface area (Å²) < 4.78 is 14.4. The second-order valence-electron chi connectivity index (χ2n) is 5.29. The molecule has 4 heteroatoms. The minimum atomic E-state index is -0.179. The van der Waals surface area contributed by atoms with Crippen LogP contribution in [0.25, 0.3) is 10.2 Å². The van der Waals surface area contributed by atoms with Crippen LogP contribution in [0, 0.1) is 12.7 Å². The van der Waals surface area contributed by atoms with Gasteiger partial charge in [0.05, 0.1) is 15.2 Å². The van der Waals surface area contributed by atoms with Crippen molar-refractivity contribution in [1.29, 1.82) is 0 Å². The normalized spacial score (nSPS) is 12.5. The van der Waals surface area contributed by atoms with Crippen LogP contribution in [0.3, 0.4) is 0 Å². The van der Waals surface area contributed by atoms with Gasteiger partial charge < -0.3 is 5.32 Å². The van der Waals surface area contributed by atoms with Crippen molar-refractivity contribution in [2.75, 3.05) is 5.32 Å². The zero-order chi connectivity index (χ0) is 14.8. The van der Waals surface area contributed by atoms with Crippen LogP contribution in [0.1, 0.15) is 17.5 Å². The molecule has 2 nitrogen and oxygen atoms in total. The van der Waals surface area contributed by atoms with E-state index in [1.54, 1.807) is 23.5 Å². The molecule has 3 aromatic rings. The Balaban J connectivity index is 1.72. The SMILES string of the molecule is Cc1nc2ccc(NC(C)Cc3cccc(F)c3)cc2s1. The molecule has 0 aliphatic rings. The Kier molecular flexibility index (Phi) is 3.88. The molecule has 0 saturated heterocycles. The number of halogens is 1. The molecule has 0 aliphatic carbocycles. The number of thiazole rings is 1. The first kappa shape index (κ1) is 14.0. The molecule has 3 rings (SSSR count). The molecule has 1 unspecified atom stereocenters. The van der Waals surface area contributed by atoms with Crippen molar-refractivity contribution < 1.29 is 4.39 Å². The molecule has 2 aromatic carbocycles. The molecule has 0 radical (unpaired) electrons. The quantitative estimate of drug-likeness (QED) is 0.749. The first-order chi connectivity index (χ1) is 10.1. The van der Waals surface area contributed by atoms with Crippen molar-refractivity contribution >= 4 is 27.2 Å². The zero-order valence-corrected chi connectivity index (χ0v) is 12.9. The topological polar surface area (TPSA) is 24.9 Å². The fourth-order valence-electron chi connectivity index (χ4n) is 2.48. The lowest BCUT2D eigenvalue weighted by Crippen LogP contribution is -2.18. The van der Waals surface area contributed by atoms with E-state index in [2.05, 4.69) is 23.3 Å². The molecule has 0 bridgehead atoms. The summed E-state index contributed by atoms with van der Waals surface area (Å²) in [6.45, 7) is 4.12. The second kappa shape index (κ2) is 5.82. The number of fused-ring (bicyclic) bond motifs is 1. The maximum absolute atomic E-state index is 13.2. The van der Waals surface area contributed by atoms with E-state index >= 15 is 0 Å². The average Bonchev–Trinajstić information content (AvgIpc) is 2.78. The highest BCUT2D eigenvalue weighted by Gasteiger charge is 2.06. The van der Waals surface area contributed by atoms with Crippen molar-refractivity contribution in [2.24, 2.45) is 0 Å². The molecule has 0 saturated carbocycles. The summed E-state index contributed by atoms with van der Waals surface area (Å²) in [7, 11) is 0. The highest BCUT2D eigenvalue weighted by Crippen LogP contribution is 2.25. The van der Waals surface area contributed by atoms with Gasteiger partial charge >= 0.3 is 0 Å². The minimum absolute atomic E-state index is 0.179. The molecule has 1 aromatic heterocycles. The Morgan fingerprint density at radius 3 is 2.90 bits per heavy atom. The summed E-state index contributed by atoms with van der Waals surface area (Å²) in [5.74, 6) is -0.179. The fourth-order valence-corrected chi connectivity index (χ4v) is 3.35. The van der Waals surface area contributed by atoms with Gasteiger partial charge in [0.2, 0.25) is 0 Å². The molecular formula is C17H17FN2S. The molecular weight excluding hydrogens is 283 g/mol. The van der Waals surface area contributed by atoms with E-state index in [0.717, 1.165) is 28.2 Å². The number of anilines is 1. The van der Waals surface area contributed by atoms with Gasteiger partial charge in [-0.3, -0.25) is 0 Å². The van der Waals surface area contributed by atoms with Gasteiger partial charge in [-0.25, -0.2) is 9.37 Å². The Labute approximate surface area is 127 Å². The smallest absolute Gasteiger partial charge is 0.123 e. The van der Waals surface area contributed by atoms with E-state index in [1.165, 1.54) is 10.8 Å². The molecule has 21 heavy (non-hydrogen) atoms. The lowest BCUT2D eigenvalue weighted by molar-refractivity contribution is 0.624. The Morgan fingerprint density at radius 2 is 2.10 bits per heavy atom. The van der Waals surface area contributed by atoms with Crippen LogP contribution in [-0.4, -0.2) is 11.0 Å². The third-order valence-electron chi connectivity index (χ3n) is 3.34. The van der Waals surface area contributed by atoms with Gasteiger partial charge in [-0.15, -0.1) is 11.3 Å². The van der Waals surface area contributed by atoms with Gasteiger partial charge in [-0.2, -0.15) is 0 Å². The predicted molar refractivity (Wildman–Crippen MR) is 87.5 cm³/mol. The molecule has 1 atom stereocenters. The van der Waals surface area contributed by atoms with Gasteiger partial charge in [0.15, 0.2) is 0 Å². The van der Waals surface area contributed by atoms with Crippen molar-refractivity contribution in [3.8, 4) is 0 Å². The Morgan fingerprint density at radius 1 is 1.24 bits per heavy atom. The van der Waals surface area contributed by atoms with Crippen LogP contribution >= 0.6 is 11.3 Å². The highest BCUT2D eigenvalue weighted by atomic mass is 32.1. The largest absolute Gasteiger partial charge is 0.382 e. The molecule has 0 fully saturated rings. The van der Waals surface area contributed by atoms with E-state index in [1.807, 2.05) is 25.1 Å². The third kappa shape index (κ3) is 3.39. The van der Waals surface area contributed by atoms with Crippen LogP contribution < -0.4 is 5.32 Å². The third-order valence-corrected chi connectivity index (χ3v) is 4.27. The maximum atomic E-state index is 13.2. The summed E-state index contributed by atoms with van der Waals surface area (Å²) in [5.41, 5.74) is 3.13. The van der Waals surface area contributed by atoms with Crippen LogP contribution in [-0.2, 0) is 6.42 Å². The number of hydrogen-bond donors (Lipinski definition) is 1. The van der Waals surface area contributed by atoms with Crippen LogP contribution in [0.2, 0.25) is 0 Å². The fraction of sp³-hybridized carbons (Fsp3) is 0.235. The number of nitrogens with one attached hydrogen (secondary N) is 1.